The first-order valence-corrected chi connectivity index (χ1v) is 8.39. The minimum atomic E-state index is 0. The second-order valence-electron chi connectivity index (χ2n) is 6.82. The summed E-state index contributed by atoms with van der Waals surface area (Å²) < 4.78 is 0. The van der Waals surface area contributed by atoms with Gasteiger partial charge >= 0.3 is 0 Å². The molecule has 3 N–H and O–H groups in total. The van der Waals surface area contributed by atoms with E-state index in [2.05, 4.69) is 17.1 Å². The SMILES string of the molecule is CC1CCCC(CN2CCCC(C(=O)NCCN)C2)C1.Cl. The third-order valence-corrected chi connectivity index (χ3v) is 4.88. The van der Waals surface area contributed by atoms with Gasteiger partial charge in [-0.15, -0.1) is 12.4 Å². The molecule has 3 unspecified atom stereocenters. The van der Waals surface area contributed by atoms with Gasteiger partial charge in [-0.2, -0.15) is 0 Å². The maximum absolute atomic E-state index is 12.1. The van der Waals surface area contributed by atoms with Crippen LogP contribution < -0.4 is 11.1 Å². The zero-order valence-corrected chi connectivity index (χ0v) is 14.2. The minimum absolute atomic E-state index is 0. The standard InChI is InChI=1S/C16H31N3O.ClH/c1-13-4-2-5-14(10-13)11-19-9-3-6-15(12-19)16(20)18-8-7-17;/h13-15H,2-12,17H2,1H3,(H,18,20);1H. The number of piperidine rings is 1. The molecule has 0 bridgehead atoms. The first-order valence-electron chi connectivity index (χ1n) is 8.39. The zero-order valence-electron chi connectivity index (χ0n) is 13.4. The lowest BCUT2D eigenvalue weighted by Crippen LogP contribution is -2.45. The van der Waals surface area contributed by atoms with Gasteiger partial charge in [-0.1, -0.05) is 19.8 Å². The highest BCUT2D eigenvalue weighted by molar-refractivity contribution is 5.85. The first-order chi connectivity index (χ1) is 9.69. The third kappa shape index (κ3) is 6.13. The topological polar surface area (TPSA) is 58.4 Å². The highest BCUT2D eigenvalue weighted by Crippen LogP contribution is 2.30. The van der Waals surface area contributed by atoms with Crippen molar-refractivity contribution in [1.82, 2.24) is 10.2 Å². The molecule has 2 fully saturated rings. The van der Waals surface area contributed by atoms with Crippen molar-refractivity contribution in [3.63, 3.8) is 0 Å². The van der Waals surface area contributed by atoms with E-state index in [0.29, 0.717) is 13.1 Å². The molecule has 0 aromatic heterocycles. The van der Waals surface area contributed by atoms with E-state index in [1.807, 2.05) is 0 Å². The predicted octanol–water partition coefficient (Wildman–Crippen LogP) is 2.02. The van der Waals surface area contributed by atoms with Gasteiger partial charge in [0, 0.05) is 26.2 Å². The molecule has 0 radical (unpaired) electrons. The van der Waals surface area contributed by atoms with E-state index in [9.17, 15) is 4.79 Å². The Kier molecular flexibility index (Phi) is 8.60. The summed E-state index contributed by atoms with van der Waals surface area (Å²) in [4.78, 5) is 14.6. The van der Waals surface area contributed by atoms with Crippen LogP contribution in [0, 0.1) is 17.8 Å². The maximum Gasteiger partial charge on any atom is 0.224 e. The van der Waals surface area contributed by atoms with Gasteiger partial charge in [0.15, 0.2) is 0 Å². The Bertz CT molecular complexity index is 314. The second kappa shape index (κ2) is 9.65. The van der Waals surface area contributed by atoms with Crippen molar-refractivity contribution in [2.75, 3.05) is 32.7 Å². The number of hydrogen-bond donors (Lipinski definition) is 2. The summed E-state index contributed by atoms with van der Waals surface area (Å²) in [5.74, 6) is 2.13. The lowest BCUT2D eigenvalue weighted by atomic mass is 9.82. The predicted molar refractivity (Wildman–Crippen MR) is 89.6 cm³/mol. The van der Waals surface area contributed by atoms with Gasteiger partial charge in [-0.05, 0) is 44.1 Å². The van der Waals surface area contributed by atoms with Gasteiger partial charge in [0.05, 0.1) is 5.92 Å². The first kappa shape index (κ1) is 18.7. The summed E-state index contributed by atoms with van der Waals surface area (Å²) >= 11 is 0. The molecule has 1 heterocycles. The van der Waals surface area contributed by atoms with Crippen LogP contribution in [0.4, 0.5) is 0 Å². The Morgan fingerprint density at radius 2 is 2.10 bits per heavy atom. The van der Waals surface area contributed by atoms with E-state index in [4.69, 9.17) is 5.73 Å². The number of hydrogen-bond acceptors (Lipinski definition) is 3. The molecular weight excluding hydrogens is 286 g/mol. The highest BCUT2D eigenvalue weighted by atomic mass is 35.5. The lowest BCUT2D eigenvalue weighted by molar-refractivity contribution is -0.126. The van der Waals surface area contributed by atoms with Gasteiger partial charge in [0.1, 0.15) is 0 Å². The molecule has 0 aromatic rings. The summed E-state index contributed by atoms with van der Waals surface area (Å²) in [6.07, 6.45) is 7.74. The van der Waals surface area contributed by atoms with E-state index in [-0.39, 0.29) is 24.2 Å². The Morgan fingerprint density at radius 1 is 1.29 bits per heavy atom. The minimum Gasteiger partial charge on any atom is -0.355 e. The van der Waals surface area contributed by atoms with Crippen LogP contribution in [0.15, 0.2) is 0 Å². The van der Waals surface area contributed by atoms with Crippen LogP contribution in [0.5, 0.6) is 0 Å². The number of halogens is 1. The molecule has 1 saturated carbocycles. The number of nitrogens with two attached hydrogens (primary N) is 1. The summed E-state index contributed by atoms with van der Waals surface area (Å²) in [7, 11) is 0. The fourth-order valence-electron chi connectivity index (χ4n) is 3.87. The van der Waals surface area contributed by atoms with Gasteiger partial charge in [0.2, 0.25) is 5.91 Å². The number of nitrogens with zero attached hydrogens (tertiary/aromatic N) is 1. The van der Waals surface area contributed by atoms with Crippen LogP contribution in [-0.2, 0) is 4.79 Å². The molecule has 0 spiro atoms. The quantitative estimate of drug-likeness (QED) is 0.815. The van der Waals surface area contributed by atoms with E-state index < -0.39 is 0 Å². The van der Waals surface area contributed by atoms with Crippen molar-refractivity contribution < 1.29 is 4.79 Å². The van der Waals surface area contributed by atoms with Crippen molar-refractivity contribution >= 4 is 18.3 Å². The molecule has 4 nitrogen and oxygen atoms in total. The Hall–Kier alpha value is -0.320. The highest BCUT2D eigenvalue weighted by Gasteiger charge is 2.28. The number of nitrogens with one attached hydrogen (secondary N) is 1. The number of rotatable bonds is 5. The number of likely N-dealkylation sites (tertiary alicyclic amines) is 1. The molecule has 0 aromatic carbocycles. The molecule has 2 rings (SSSR count). The summed E-state index contributed by atoms with van der Waals surface area (Å²) in [5, 5.41) is 2.94. The average molecular weight is 318 g/mol. The molecule has 124 valence electrons. The van der Waals surface area contributed by atoms with E-state index in [1.54, 1.807) is 0 Å². The van der Waals surface area contributed by atoms with E-state index in [1.165, 1.54) is 38.8 Å². The van der Waals surface area contributed by atoms with Gasteiger partial charge < -0.3 is 16.0 Å². The fourth-order valence-corrected chi connectivity index (χ4v) is 3.87. The number of carbonyl (C=O) groups is 1. The molecule has 21 heavy (non-hydrogen) atoms. The number of carbonyl (C=O) groups excluding carboxylic acids is 1. The fraction of sp³-hybridized carbons (Fsp3) is 0.938. The molecule has 1 saturated heterocycles. The van der Waals surface area contributed by atoms with Crippen molar-refractivity contribution in [2.24, 2.45) is 23.5 Å². The van der Waals surface area contributed by atoms with Crippen molar-refractivity contribution in [2.45, 2.75) is 45.4 Å². The summed E-state index contributed by atoms with van der Waals surface area (Å²) in [5.41, 5.74) is 5.45. The van der Waals surface area contributed by atoms with Gasteiger partial charge in [0.25, 0.3) is 0 Å². The van der Waals surface area contributed by atoms with Crippen molar-refractivity contribution in [3.8, 4) is 0 Å². The average Bonchev–Trinajstić information content (AvgIpc) is 2.45. The molecule has 1 aliphatic carbocycles. The smallest absolute Gasteiger partial charge is 0.224 e. The maximum atomic E-state index is 12.1. The van der Waals surface area contributed by atoms with Crippen LogP contribution in [-0.4, -0.2) is 43.5 Å². The summed E-state index contributed by atoms with van der Waals surface area (Å²) in [6, 6.07) is 0. The molecular formula is C16H32ClN3O. The van der Waals surface area contributed by atoms with Crippen LogP contribution in [0.25, 0.3) is 0 Å². The Morgan fingerprint density at radius 3 is 2.81 bits per heavy atom. The van der Waals surface area contributed by atoms with Crippen LogP contribution in [0.3, 0.4) is 0 Å². The van der Waals surface area contributed by atoms with Crippen LogP contribution in [0.1, 0.15) is 45.4 Å². The third-order valence-electron chi connectivity index (χ3n) is 4.88. The molecule has 1 amide bonds. The van der Waals surface area contributed by atoms with Crippen LogP contribution >= 0.6 is 12.4 Å². The van der Waals surface area contributed by atoms with Crippen molar-refractivity contribution in [3.05, 3.63) is 0 Å². The monoisotopic (exact) mass is 317 g/mol. The Labute approximate surface area is 135 Å². The zero-order chi connectivity index (χ0) is 14.4. The normalized spacial score (nSPS) is 30.5. The van der Waals surface area contributed by atoms with Crippen LogP contribution in [0.2, 0.25) is 0 Å². The molecule has 2 aliphatic rings. The van der Waals surface area contributed by atoms with E-state index >= 15 is 0 Å². The van der Waals surface area contributed by atoms with Gasteiger partial charge in [-0.3, -0.25) is 4.79 Å². The second-order valence-corrected chi connectivity index (χ2v) is 6.82. The Balaban J connectivity index is 0.00000220. The number of amides is 1. The largest absolute Gasteiger partial charge is 0.355 e. The molecule has 3 atom stereocenters. The molecule has 5 heteroatoms. The van der Waals surface area contributed by atoms with Crippen molar-refractivity contribution in [1.29, 1.82) is 0 Å². The molecule has 1 aliphatic heterocycles. The van der Waals surface area contributed by atoms with E-state index in [0.717, 1.165) is 31.2 Å². The summed E-state index contributed by atoms with van der Waals surface area (Å²) in [6.45, 7) is 6.83. The van der Waals surface area contributed by atoms with Gasteiger partial charge in [-0.25, -0.2) is 0 Å². The lowest BCUT2D eigenvalue weighted by Gasteiger charge is -2.36.